The van der Waals surface area contributed by atoms with Crippen molar-refractivity contribution in [2.45, 2.75) is 32.1 Å². The van der Waals surface area contributed by atoms with Crippen LogP contribution in [0.1, 0.15) is 43.4 Å². The van der Waals surface area contributed by atoms with Gasteiger partial charge in [-0.15, -0.1) is 0 Å². The molecule has 50 heavy (non-hydrogen) atoms. The fourth-order valence-corrected chi connectivity index (χ4v) is 8.76. The summed E-state index contributed by atoms with van der Waals surface area (Å²) >= 11 is 0. The predicted molar refractivity (Wildman–Crippen MR) is 214 cm³/mol. The highest BCUT2D eigenvalue weighted by Crippen LogP contribution is 2.53. The number of para-hydroxylation sites is 1. The second kappa shape index (κ2) is 11.1. The number of benzene rings is 7. The number of furan rings is 1. The third-order valence-electron chi connectivity index (χ3n) is 11.1. The molecule has 0 spiro atoms. The number of hydrogen-bond acceptors (Lipinski definition) is 1. The van der Waals surface area contributed by atoms with Gasteiger partial charge in [-0.2, -0.15) is 0 Å². The van der Waals surface area contributed by atoms with Crippen LogP contribution in [0.3, 0.4) is 0 Å². The minimum absolute atomic E-state index is 0.114. The first-order valence-electron chi connectivity index (χ1n) is 17.7. The lowest BCUT2D eigenvalue weighted by Crippen LogP contribution is -2.14. The molecule has 0 N–H and O–H groups in total. The smallest absolute Gasteiger partial charge is 0.136 e. The van der Waals surface area contributed by atoms with E-state index in [9.17, 15) is 0 Å². The van der Waals surface area contributed by atoms with Gasteiger partial charge in [-0.05, 0) is 120 Å². The van der Waals surface area contributed by atoms with E-state index in [1.807, 2.05) is 6.07 Å². The Bertz CT molecular complexity index is 2770. The largest absolute Gasteiger partial charge is 0.456 e. The zero-order valence-electron chi connectivity index (χ0n) is 28.3. The maximum Gasteiger partial charge on any atom is 0.136 e. The van der Waals surface area contributed by atoms with E-state index in [0.717, 1.165) is 24.0 Å². The number of rotatable bonds is 2. The molecular weight excluding hydrogens is 605 g/mol. The minimum atomic E-state index is -0.114. The van der Waals surface area contributed by atoms with Gasteiger partial charge in [-0.1, -0.05) is 141 Å². The van der Waals surface area contributed by atoms with Crippen molar-refractivity contribution in [1.29, 1.82) is 0 Å². The maximum absolute atomic E-state index is 6.31. The van der Waals surface area contributed by atoms with Crippen molar-refractivity contribution in [1.82, 2.24) is 0 Å². The predicted octanol–water partition coefficient (Wildman–Crippen LogP) is 13.9. The first-order chi connectivity index (χ1) is 24.6. The van der Waals surface area contributed by atoms with Crippen LogP contribution in [-0.4, -0.2) is 0 Å². The molecule has 0 bridgehead atoms. The van der Waals surface area contributed by atoms with Crippen molar-refractivity contribution < 1.29 is 4.42 Å². The lowest BCUT2D eigenvalue weighted by atomic mass is 9.81. The molecule has 0 aliphatic heterocycles. The molecule has 0 fully saturated rings. The average Bonchev–Trinajstić information content (AvgIpc) is 3.64. The van der Waals surface area contributed by atoms with Gasteiger partial charge in [-0.3, -0.25) is 0 Å². The Balaban J connectivity index is 1.23. The third-order valence-corrected chi connectivity index (χ3v) is 11.1. The Morgan fingerprint density at radius 1 is 0.520 bits per heavy atom. The molecule has 8 aromatic rings. The fourth-order valence-electron chi connectivity index (χ4n) is 8.76. The topological polar surface area (TPSA) is 13.1 Å². The molecule has 238 valence electrons. The number of hydrogen-bond donors (Lipinski definition) is 0. The molecule has 10 rings (SSSR count). The fraction of sp³-hybridized carbons (Fsp3) is 0.102. The molecule has 0 unspecified atom stereocenters. The monoisotopic (exact) mass is 640 g/mol. The summed E-state index contributed by atoms with van der Waals surface area (Å²) in [6, 6.07) is 42.9. The number of allylic oxidation sites excluding steroid dienone is 8. The highest BCUT2D eigenvalue weighted by molar-refractivity contribution is 6.21. The molecule has 1 nitrogen and oxygen atoms in total. The van der Waals surface area contributed by atoms with Crippen LogP contribution in [0.2, 0.25) is 0 Å². The first-order valence-corrected chi connectivity index (χ1v) is 17.7. The SMILES string of the molecule is CC1(C)c2ccc(-c3c4ccccc4c(C4=C/C=C\C/C=C\C=C/C4)c4ccccc34)cc2-c2cc3c(ccc4oc5ccccc5c43)cc21. The van der Waals surface area contributed by atoms with Gasteiger partial charge in [0.2, 0.25) is 0 Å². The normalized spacial score (nSPS) is 17.2. The highest BCUT2D eigenvalue weighted by Gasteiger charge is 2.36. The summed E-state index contributed by atoms with van der Waals surface area (Å²) < 4.78 is 6.31. The summed E-state index contributed by atoms with van der Waals surface area (Å²) in [7, 11) is 0. The third kappa shape index (κ3) is 4.26. The van der Waals surface area contributed by atoms with Crippen LogP contribution in [-0.2, 0) is 5.41 Å². The Kier molecular flexibility index (Phi) is 6.42. The second-order valence-corrected chi connectivity index (χ2v) is 14.3. The quantitative estimate of drug-likeness (QED) is 0.171. The van der Waals surface area contributed by atoms with E-state index in [2.05, 4.69) is 166 Å². The van der Waals surface area contributed by atoms with Gasteiger partial charge in [0.05, 0.1) is 0 Å². The van der Waals surface area contributed by atoms with Crippen LogP contribution in [0.15, 0.2) is 162 Å². The van der Waals surface area contributed by atoms with Gasteiger partial charge in [0.15, 0.2) is 0 Å². The molecule has 1 heterocycles. The lowest BCUT2D eigenvalue weighted by molar-refractivity contribution is 0.661. The molecule has 1 heteroatoms. The van der Waals surface area contributed by atoms with Crippen LogP contribution in [0.5, 0.6) is 0 Å². The minimum Gasteiger partial charge on any atom is -0.456 e. The van der Waals surface area contributed by atoms with Gasteiger partial charge in [0.25, 0.3) is 0 Å². The maximum atomic E-state index is 6.31. The molecule has 0 saturated carbocycles. The van der Waals surface area contributed by atoms with Crippen LogP contribution < -0.4 is 0 Å². The van der Waals surface area contributed by atoms with E-state index >= 15 is 0 Å². The molecular formula is C49H36O. The molecule has 0 radical (unpaired) electrons. The highest BCUT2D eigenvalue weighted by atomic mass is 16.3. The van der Waals surface area contributed by atoms with E-state index < -0.39 is 0 Å². The first kappa shape index (κ1) is 29.0. The zero-order valence-corrected chi connectivity index (χ0v) is 28.3. The summed E-state index contributed by atoms with van der Waals surface area (Å²) in [5.74, 6) is 0. The Morgan fingerprint density at radius 3 is 1.96 bits per heavy atom. The van der Waals surface area contributed by atoms with E-state index in [1.54, 1.807) is 0 Å². The Hall–Kier alpha value is -5.92. The van der Waals surface area contributed by atoms with E-state index in [4.69, 9.17) is 4.42 Å². The molecule has 2 aliphatic rings. The molecule has 0 atom stereocenters. The Morgan fingerprint density at radius 2 is 1.18 bits per heavy atom. The van der Waals surface area contributed by atoms with Gasteiger partial charge < -0.3 is 4.42 Å². The lowest BCUT2D eigenvalue weighted by Gasteiger charge is -2.22. The number of fused-ring (bicyclic) bond motifs is 10. The summed E-state index contributed by atoms with van der Waals surface area (Å²) in [6.45, 7) is 4.75. The van der Waals surface area contributed by atoms with E-state index in [0.29, 0.717) is 0 Å². The van der Waals surface area contributed by atoms with E-state index in [-0.39, 0.29) is 5.41 Å². The zero-order chi connectivity index (χ0) is 33.4. The molecule has 7 aromatic carbocycles. The van der Waals surface area contributed by atoms with Crippen molar-refractivity contribution in [3.8, 4) is 22.3 Å². The van der Waals surface area contributed by atoms with Crippen LogP contribution in [0, 0.1) is 0 Å². The molecule has 1 aromatic heterocycles. The summed E-state index contributed by atoms with van der Waals surface area (Å²) in [5.41, 5.74) is 12.4. The standard InChI is InChI=1S/C49H36O/c1-49(2)42-26-24-33(28-40(42)41-30-39-32(29-43(41)49)25-27-45-48(39)38-22-14-15-23-44(38)50-45)47-36-20-12-10-18-34(36)46(35-19-11-13-21-37(35)47)31-16-8-6-4-3-5-7-9-17-31/h3-4,6-15,17-30H,5,16H2,1-2H3/b4-3-,8-6-,9-7-,31-17?. The molecule has 0 saturated heterocycles. The van der Waals surface area contributed by atoms with Gasteiger partial charge in [0, 0.05) is 16.2 Å². The van der Waals surface area contributed by atoms with E-state index in [1.165, 1.54) is 87.6 Å². The van der Waals surface area contributed by atoms with Gasteiger partial charge in [-0.25, -0.2) is 0 Å². The second-order valence-electron chi connectivity index (χ2n) is 14.3. The molecule has 2 aliphatic carbocycles. The van der Waals surface area contributed by atoms with Crippen LogP contribution in [0.25, 0.3) is 82.1 Å². The van der Waals surface area contributed by atoms with Crippen molar-refractivity contribution in [2.75, 3.05) is 0 Å². The van der Waals surface area contributed by atoms with Gasteiger partial charge >= 0.3 is 0 Å². The summed E-state index contributed by atoms with van der Waals surface area (Å²) in [5, 5.41) is 10.0. The van der Waals surface area contributed by atoms with Crippen molar-refractivity contribution in [3.63, 3.8) is 0 Å². The van der Waals surface area contributed by atoms with Crippen molar-refractivity contribution in [3.05, 3.63) is 174 Å². The van der Waals surface area contributed by atoms with Crippen molar-refractivity contribution >= 4 is 59.8 Å². The van der Waals surface area contributed by atoms with Crippen LogP contribution >= 0.6 is 0 Å². The Labute approximate surface area is 292 Å². The van der Waals surface area contributed by atoms with Gasteiger partial charge in [0.1, 0.15) is 11.2 Å². The average molecular weight is 641 g/mol. The molecule has 0 amide bonds. The van der Waals surface area contributed by atoms with Crippen molar-refractivity contribution in [2.24, 2.45) is 0 Å². The van der Waals surface area contributed by atoms with Crippen LogP contribution in [0.4, 0.5) is 0 Å². The summed E-state index contributed by atoms with van der Waals surface area (Å²) in [6.07, 6.45) is 17.4. The summed E-state index contributed by atoms with van der Waals surface area (Å²) in [4.78, 5) is 0.